The van der Waals surface area contributed by atoms with E-state index in [9.17, 15) is 0 Å². The summed E-state index contributed by atoms with van der Waals surface area (Å²) in [6.45, 7) is 4.65. The van der Waals surface area contributed by atoms with Gasteiger partial charge in [0, 0.05) is 6.04 Å². The van der Waals surface area contributed by atoms with Crippen LogP contribution in [0.15, 0.2) is 0 Å². The Morgan fingerprint density at radius 1 is 1.00 bits per heavy atom. The molecule has 0 aliphatic heterocycles. The molecule has 0 saturated heterocycles. The minimum absolute atomic E-state index is 0.799. The van der Waals surface area contributed by atoms with Crippen molar-refractivity contribution in [1.82, 2.24) is 5.32 Å². The van der Waals surface area contributed by atoms with E-state index in [1.165, 1.54) is 70.6 Å². The van der Waals surface area contributed by atoms with Gasteiger partial charge in [0.2, 0.25) is 0 Å². The maximum Gasteiger partial charge on any atom is 0.00924 e. The predicted molar refractivity (Wildman–Crippen MR) is 82.0 cm³/mol. The molecule has 0 amide bonds. The lowest BCUT2D eigenvalue weighted by molar-refractivity contribution is 0.336. The van der Waals surface area contributed by atoms with Crippen LogP contribution in [0.2, 0.25) is 0 Å². The molecule has 18 heavy (non-hydrogen) atoms. The summed E-state index contributed by atoms with van der Waals surface area (Å²) in [5, 5.41) is 3.59. The van der Waals surface area contributed by atoms with Crippen molar-refractivity contribution in [1.29, 1.82) is 0 Å². The Bertz CT molecular complexity index is 190. The Morgan fingerprint density at radius 2 is 1.72 bits per heavy atom. The topological polar surface area (TPSA) is 12.0 Å². The number of rotatable bonds is 10. The molecular formula is C17H35N. The van der Waals surface area contributed by atoms with Crippen LogP contribution in [0.4, 0.5) is 0 Å². The molecule has 1 saturated carbocycles. The maximum absolute atomic E-state index is 3.59. The van der Waals surface area contributed by atoms with Gasteiger partial charge in [0.15, 0.2) is 0 Å². The van der Waals surface area contributed by atoms with Crippen LogP contribution in [-0.4, -0.2) is 13.1 Å². The second-order valence-electron chi connectivity index (χ2n) is 6.30. The Labute approximate surface area is 115 Å². The number of hydrogen-bond acceptors (Lipinski definition) is 1. The summed E-state index contributed by atoms with van der Waals surface area (Å²) in [4.78, 5) is 0. The molecule has 0 heterocycles. The fourth-order valence-electron chi connectivity index (χ4n) is 3.61. The molecule has 0 aromatic rings. The van der Waals surface area contributed by atoms with Crippen molar-refractivity contribution in [3.05, 3.63) is 0 Å². The third-order valence-electron chi connectivity index (χ3n) is 4.97. The highest BCUT2D eigenvalue weighted by molar-refractivity contribution is 4.83. The van der Waals surface area contributed by atoms with Crippen molar-refractivity contribution >= 4 is 0 Å². The lowest BCUT2D eigenvalue weighted by Crippen LogP contribution is -2.32. The average Bonchev–Trinajstić information content (AvgIpc) is 2.87. The van der Waals surface area contributed by atoms with Crippen LogP contribution in [0.25, 0.3) is 0 Å². The molecule has 0 bridgehead atoms. The number of nitrogens with one attached hydrogen (secondary N) is 1. The molecule has 1 heteroatoms. The van der Waals surface area contributed by atoms with Gasteiger partial charge in [-0.15, -0.1) is 0 Å². The van der Waals surface area contributed by atoms with E-state index in [1.54, 1.807) is 0 Å². The SMILES string of the molecule is CCCCCCCCC(NC)C1CCC(CC)C1. The van der Waals surface area contributed by atoms with E-state index in [4.69, 9.17) is 0 Å². The summed E-state index contributed by atoms with van der Waals surface area (Å²) in [7, 11) is 2.17. The summed E-state index contributed by atoms with van der Waals surface area (Å²) in [5.41, 5.74) is 0. The summed E-state index contributed by atoms with van der Waals surface area (Å²) in [6.07, 6.45) is 15.8. The average molecular weight is 253 g/mol. The highest BCUT2D eigenvalue weighted by atomic mass is 14.9. The van der Waals surface area contributed by atoms with Crippen LogP contribution in [-0.2, 0) is 0 Å². The summed E-state index contributed by atoms with van der Waals surface area (Å²) >= 11 is 0. The van der Waals surface area contributed by atoms with E-state index >= 15 is 0 Å². The summed E-state index contributed by atoms with van der Waals surface area (Å²) < 4.78 is 0. The summed E-state index contributed by atoms with van der Waals surface area (Å²) in [5.74, 6) is 1.99. The lowest BCUT2D eigenvalue weighted by Gasteiger charge is -2.23. The first-order chi connectivity index (χ1) is 8.81. The molecule has 1 N–H and O–H groups in total. The van der Waals surface area contributed by atoms with Crippen molar-refractivity contribution in [3.8, 4) is 0 Å². The molecule has 0 radical (unpaired) electrons. The monoisotopic (exact) mass is 253 g/mol. The summed E-state index contributed by atoms with van der Waals surface area (Å²) in [6, 6.07) is 0.799. The van der Waals surface area contributed by atoms with E-state index in [1.807, 2.05) is 0 Å². The largest absolute Gasteiger partial charge is 0.317 e. The van der Waals surface area contributed by atoms with Crippen LogP contribution in [0.3, 0.4) is 0 Å². The molecule has 3 unspecified atom stereocenters. The minimum Gasteiger partial charge on any atom is -0.317 e. The predicted octanol–water partition coefficient (Wildman–Crippen LogP) is 5.15. The fourth-order valence-corrected chi connectivity index (χ4v) is 3.61. The van der Waals surface area contributed by atoms with Gasteiger partial charge in [-0.2, -0.15) is 0 Å². The van der Waals surface area contributed by atoms with Crippen LogP contribution < -0.4 is 5.32 Å². The molecule has 0 aromatic carbocycles. The lowest BCUT2D eigenvalue weighted by atomic mass is 9.91. The van der Waals surface area contributed by atoms with Crippen molar-refractivity contribution in [2.45, 2.75) is 90.5 Å². The van der Waals surface area contributed by atoms with Crippen molar-refractivity contribution < 1.29 is 0 Å². The third kappa shape index (κ3) is 5.73. The zero-order valence-electron chi connectivity index (χ0n) is 13.0. The van der Waals surface area contributed by atoms with Gasteiger partial charge in [0.1, 0.15) is 0 Å². The first-order valence-electron chi connectivity index (χ1n) is 8.49. The third-order valence-corrected chi connectivity index (χ3v) is 4.97. The standard InChI is InChI=1S/C17H35N/c1-4-6-7-8-9-10-11-17(18-3)16-13-12-15(5-2)14-16/h15-18H,4-14H2,1-3H3. The smallest absolute Gasteiger partial charge is 0.00924 e. The van der Waals surface area contributed by atoms with Crippen LogP contribution in [0.5, 0.6) is 0 Å². The molecule has 0 spiro atoms. The first-order valence-corrected chi connectivity index (χ1v) is 8.49. The van der Waals surface area contributed by atoms with Crippen molar-refractivity contribution in [3.63, 3.8) is 0 Å². The number of hydrogen-bond donors (Lipinski definition) is 1. The Morgan fingerprint density at radius 3 is 2.33 bits per heavy atom. The Hall–Kier alpha value is -0.0400. The molecule has 0 aromatic heterocycles. The number of unbranched alkanes of at least 4 members (excludes halogenated alkanes) is 5. The van der Waals surface area contributed by atoms with Crippen LogP contribution in [0, 0.1) is 11.8 Å². The Balaban J connectivity index is 2.10. The molecule has 1 rings (SSSR count). The van der Waals surface area contributed by atoms with Gasteiger partial charge in [-0.1, -0.05) is 65.2 Å². The van der Waals surface area contributed by atoms with Crippen LogP contribution in [0.1, 0.15) is 84.5 Å². The normalized spacial score (nSPS) is 25.5. The van der Waals surface area contributed by atoms with Gasteiger partial charge in [-0.25, -0.2) is 0 Å². The van der Waals surface area contributed by atoms with E-state index in [-0.39, 0.29) is 0 Å². The van der Waals surface area contributed by atoms with Gasteiger partial charge < -0.3 is 5.32 Å². The molecule has 1 aliphatic rings. The molecule has 1 nitrogen and oxygen atoms in total. The van der Waals surface area contributed by atoms with E-state index in [2.05, 4.69) is 26.2 Å². The second kappa shape index (κ2) is 9.83. The highest BCUT2D eigenvalue weighted by Gasteiger charge is 2.28. The molecular weight excluding hydrogens is 218 g/mol. The van der Waals surface area contributed by atoms with Gasteiger partial charge in [0.05, 0.1) is 0 Å². The molecule has 3 atom stereocenters. The maximum atomic E-state index is 3.59. The second-order valence-corrected chi connectivity index (χ2v) is 6.30. The fraction of sp³-hybridized carbons (Fsp3) is 1.00. The van der Waals surface area contributed by atoms with Gasteiger partial charge in [0.25, 0.3) is 0 Å². The van der Waals surface area contributed by atoms with Gasteiger partial charge in [-0.3, -0.25) is 0 Å². The zero-order chi connectivity index (χ0) is 13.2. The Kier molecular flexibility index (Phi) is 8.75. The minimum atomic E-state index is 0.799. The molecule has 108 valence electrons. The quantitative estimate of drug-likeness (QED) is 0.531. The molecule has 1 aliphatic carbocycles. The molecule has 1 fully saturated rings. The van der Waals surface area contributed by atoms with E-state index in [0.29, 0.717) is 0 Å². The first kappa shape index (κ1) is 16.0. The van der Waals surface area contributed by atoms with E-state index < -0.39 is 0 Å². The van der Waals surface area contributed by atoms with Crippen LogP contribution >= 0.6 is 0 Å². The van der Waals surface area contributed by atoms with Gasteiger partial charge >= 0.3 is 0 Å². The van der Waals surface area contributed by atoms with Crippen molar-refractivity contribution in [2.75, 3.05) is 7.05 Å². The van der Waals surface area contributed by atoms with Crippen molar-refractivity contribution in [2.24, 2.45) is 11.8 Å². The van der Waals surface area contributed by atoms with Gasteiger partial charge in [-0.05, 0) is 38.1 Å². The highest BCUT2D eigenvalue weighted by Crippen LogP contribution is 2.36. The zero-order valence-corrected chi connectivity index (χ0v) is 13.0. The van der Waals surface area contributed by atoms with E-state index in [0.717, 1.165) is 17.9 Å².